The Labute approximate surface area is 415 Å². The van der Waals surface area contributed by atoms with Crippen molar-refractivity contribution in [1.82, 2.24) is 30.6 Å². The highest BCUT2D eigenvalue weighted by Crippen LogP contribution is 2.21. The average molecular weight is 937 g/mol. The van der Waals surface area contributed by atoms with E-state index in [-0.39, 0.29) is 11.1 Å². The average Bonchev–Trinajstić information content (AvgIpc) is 3.36. The van der Waals surface area contributed by atoms with Crippen molar-refractivity contribution in [1.29, 1.82) is 0 Å². The summed E-state index contributed by atoms with van der Waals surface area (Å²) in [5.74, 6) is 1.67. The highest BCUT2D eigenvalue weighted by atomic mass is 16.1. The molecule has 0 aliphatic rings. The number of fused-ring (bicyclic) bond motifs is 2. The molecule has 364 valence electrons. The molecule has 0 aliphatic carbocycles. The number of aromatic amines is 2. The fourth-order valence-corrected chi connectivity index (χ4v) is 8.14. The zero-order chi connectivity index (χ0) is 49.9. The van der Waals surface area contributed by atoms with Crippen LogP contribution in [0.4, 0.5) is 11.9 Å². The summed E-state index contributed by atoms with van der Waals surface area (Å²) in [5, 5.41) is 10.3. The summed E-state index contributed by atoms with van der Waals surface area (Å²) in [4.78, 5) is 44.6. The number of aromatic nitrogens is 4. The lowest BCUT2D eigenvalue weighted by Crippen LogP contribution is -2.33. The van der Waals surface area contributed by atoms with Crippen LogP contribution in [-0.2, 0) is 25.7 Å². The van der Waals surface area contributed by atoms with Crippen LogP contribution in [0.15, 0.2) is 193 Å². The number of aryl methyl sites for hydroxylation is 1. The van der Waals surface area contributed by atoms with Crippen molar-refractivity contribution in [2.45, 2.75) is 45.4 Å². The van der Waals surface area contributed by atoms with Gasteiger partial charge in [0.15, 0.2) is 0 Å². The highest BCUT2D eigenvalue weighted by Gasteiger charge is 2.17. The van der Waals surface area contributed by atoms with Crippen LogP contribution in [0.5, 0.6) is 0 Å². The zero-order valence-corrected chi connectivity index (χ0v) is 41.8. The Morgan fingerprint density at radius 2 is 0.971 bits per heavy atom. The molecule has 0 bridgehead atoms. The fraction of sp³-hybridized carbons (Fsp3) is 0.267. The quantitative estimate of drug-likeness (QED) is 0.0592. The van der Waals surface area contributed by atoms with Gasteiger partial charge in [0.05, 0.1) is 11.4 Å². The van der Waals surface area contributed by atoms with Crippen molar-refractivity contribution in [2.24, 2.45) is 5.92 Å². The molecule has 70 heavy (non-hydrogen) atoms. The number of hydrogen-bond donors (Lipinski definition) is 4. The Kier molecular flexibility index (Phi) is 22.6. The molecule has 0 unspecified atom stereocenters. The number of H-pyrrole nitrogens is 2. The lowest BCUT2D eigenvalue weighted by atomic mass is 9.96. The minimum atomic E-state index is -0.127. The van der Waals surface area contributed by atoms with E-state index in [2.05, 4.69) is 160 Å². The molecule has 0 amide bonds. The molecule has 6 aromatic carbocycles. The molecule has 0 radical (unpaired) electrons. The van der Waals surface area contributed by atoms with E-state index in [4.69, 9.17) is 9.97 Å². The highest BCUT2D eigenvalue weighted by molar-refractivity contribution is 5.83. The maximum atomic E-state index is 12.5. The van der Waals surface area contributed by atoms with E-state index in [1.165, 1.54) is 32.7 Å². The Hall–Kier alpha value is -7.40. The molecule has 2 heterocycles. The molecule has 8 aromatic rings. The lowest BCUT2D eigenvalue weighted by molar-refractivity contribution is 0.497. The first-order valence-corrected chi connectivity index (χ1v) is 24.3. The SMILES string of the molecule is C=CCN(CCCc1ccccc1)c1nc(Cc2ccc3ccccc3c2)cc(=O)[nH]1.C=CCN(C[C@@H](CC)Cc1ccccc1)c1nc(Cc2ccc3ccccc3c2)cc(=O)[nH]1.CNC.CNC. The Morgan fingerprint density at radius 1 is 0.543 bits per heavy atom. The third kappa shape index (κ3) is 17.6. The van der Waals surface area contributed by atoms with Gasteiger partial charge < -0.3 is 20.4 Å². The second-order valence-corrected chi connectivity index (χ2v) is 17.3. The molecular formula is C60H72N8O2. The smallest absolute Gasteiger partial charge is 0.252 e. The lowest BCUT2D eigenvalue weighted by Gasteiger charge is -2.27. The molecule has 4 N–H and O–H groups in total. The molecule has 10 heteroatoms. The number of hydrogen-bond acceptors (Lipinski definition) is 8. The first kappa shape index (κ1) is 53.6. The summed E-state index contributed by atoms with van der Waals surface area (Å²) in [6.07, 6.45) is 8.93. The van der Waals surface area contributed by atoms with Gasteiger partial charge in [0.25, 0.3) is 11.1 Å². The third-order valence-corrected chi connectivity index (χ3v) is 11.4. The second kappa shape index (κ2) is 29.5. The summed E-state index contributed by atoms with van der Waals surface area (Å²) in [5.41, 5.74) is 6.21. The third-order valence-electron chi connectivity index (χ3n) is 11.4. The molecular weight excluding hydrogens is 865 g/mol. The molecule has 10 nitrogen and oxygen atoms in total. The Bertz CT molecular complexity index is 2910. The molecule has 8 rings (SSSR count). The van der Waals surface area contributed by atoms with Gasteiger partial charge in [0.2, 0.25) is 11.9 Å². The van der Waals surface area contributed by atoms with Crippen LogP contribution in [0.3, 0.4) is 0 Å². The molecule has 2 aromatic heterocycles. The van der Waals surface area contributed by atoms with E-state index < -0.39 is 0 Å². The Balaban J connectivity index is 0.000000235. The van der Waals surface area contributed by atoms with Gasteiger partial charge in [-0.2, -0.15) is 0 Å². The summed E-state index contributed by atoms with van der Waals surface area (Å²) < 4.78 is 0. The molecule has 0 aliphatic heterocycles. The van der Waals surface area contributed by atoms with E-state index in [0.29, 0.717) is 43.7 Å². The molecule has 1 atom stereocenters. The van der Waals surface area contributed by atoms with Gasteiger partial charge in [-0.15, -0.1) is 13.2 Å². The van der Waals surface area contributed by atoms with E-state index in [1.54, 1.807) is 12.1 Å². The summed E-state index contributed by atoms with van der Waals surface area (Å²) in [7, 11) is 7.50. The monoisotopic (exact) mass is 937 g/mol. The van der Waals surface area contributed by atoms with Gasteiger partial charge in [-0.3, -0.25) is 19.6 Å². The Morgan fingerprint density at radius 3 is 1.44 bits per heavy atom. The van der Waals surface area contributed by atoms with Crippen molar-refractivity contribution in [3.05, 3.63) is 237 Å². The van der Waals surface area contributed by atoms with Gasteiger partial charge in [-0.05, 0) is 97.2 Å². The topological polar surface area (TPSA) is 122 Å². The predicted octanol–water partition coefficient (Wildman–Crippen LogP) is 10.6. The van der Waals surface area contributed by atoms with E-state index in [0.717, 1.165) is 61.3 Å². The van der Waals surface area contributed by atoms with Crippen LogP contribution in [0.2, 0.25) is 0 Å². The minimum absolute atomic E-state index is 0.124. The van der Waals surface area contributed by atoms with Gasteiger partial charge >= 0.3 is 0 Å². The van der Waals surface area contributed by atoms with Crippen LogP contribution in [-0.4, -0.2) is 74.3 Å². The van der Waals surface area contributed by atoms with Crippen molar-refractivity contribution < 1.29 is 0 Å². The molecule has 0 saturated heterocycles. The van der Waals surface area contributed by atoms with Gasteiger partial charge in [0.1, 0.15) is 0 Å². The molecule has 0 fully saturated rings. The number of anilines is 2. The summed E-state index contributed by atoms with van der Waals surface area (Å²) in [6, 6.07) is 53.6. The second-order valence-electron chi connectivity index (χ2n) is 17.3. The maximum Gasteiger partial charge on any atom is 0.252 e. The van der Waals surface area contributed by atoms with Crippen molar-refractivity contribution in [2.75, 3.05) is 64.2 Å². The number of nitrogens with one attached hydrogen (secondary N) is 4. The number of nitrogens with zero attached hydrogens (tertiary/aromatic N) is 4. The maximum absolute atomic E-state index is 12.5. The zero-order valence-electron chi connectivity index (χ0n) is 41.8. The van der Waals surface area contributed by atoms with Gasteiger partial charge in [0, 0.05) is 51.2 Å². The summed E-state index contributed by atoms with van der Waals surface area (Å²) >= 11 is 0. The fourth-order valence-electron chi connectivity index (χ4n) is 8.14. The largest absolute Gasteiger partial charge is 0.339 e. The predicted molar refractivity (Wildman–Crippen MR) is 297 cm³/mol. The summed E-state index contributed by atoms with van der Waals surface area (Å²) in [6.45, 7) is 12.9. The van der Waals surface area contributed by atoms with E-state index in [9.17, 15) is 9.59 Å². The van der Waals surface area contributed by atoms with Gasteiger partial charge in [-0.1, -0.05) is 171 Å². The first-order valence-electron chi connectivity index (χ1n) is 24.3. The first-order chi connectivity index (χ1) is 34.2. The number of benzene rings is 6. The standard InChI is InChI=1S/C29H31N3O.C27H27N3O.2C2H7N/c1-3-16-32(21-22(4-2)17-23-10-6-5-7-11-23)29-30-27(20-28(33)31-29)19-24-14-15-25-12-8-9-13-26(25)18-24;1-2-16-30(17-8-11-21-9-4-3-5-10-21)27-28-25(20-26(31)29-27)19-22-14-15-23-12-6-7-13-24(23)18-22;2*1-3-2/h3,5-15,18,20,22H,1,4,16-17,19,21H2,2H3,(H,30,31,33);2-7,9-10,12-15,18,20H,1,8,11,16-17,19H2,(H,28,29,31);2*3H,1-2H3/t22-;;;/m0.../s1. The van der Waals surface area contributed by atoms with Crippen LogP contribution >= 0.6 is 0 Å². The van der Waals surface area contributed by atoms with Crippen molar-refractivity contribution >= 4 is 33.4 Å². The van der Waals surface area contributed by atoms with Crippen molar-refractivity contribution in [3.8, 4) is 0 Å². The van der Waals surface area contributed by atoms with Crippen LogP contribution in [0, 0.1) is 5.92 Å². The van der Waals surface area contributed by atoms with Crippen LogP contribution in [0.1, 0.15) is 53.4 Å². The van der Waals surface area contributed by atoms with Crippen LogP contribution < -0.4 is 31.6 Å². The van der Waals surface area contributed by atoms with Crippen molar-refractivity contribution in [3.63, 3.8) is 0 Å². The normalized spacial score (nSPS) is 10.9. The van der Waals surface area contributed by atoms with E-state index >= 15 is 0 Å². The van der Waals surface area contributed by atoms with Gasteiger partial charge in [-0.25, -0.2) is 9.97 Å². The molecule has 0 spiro atoms. The molecule has 0 saturated carbocycles. The minimum Gasteiger partial charge on any atom is -0.339 e. The number of rotatable bonds is 19. The van der Waals surface area contributed by atoms with Crippen LogP contribution in [0.25, 0.3) is 21.5 Å². The van der Waals surface area contributed by atoms with E-state index in [1.807, 2.05) is 76.7 Å².